The Labute approximate surface area is 224 Å². The standard InChI is InChI=1S/C23H16N4O11S2/c28-18-8-7-16(22(30)20(18)23(31)32)26-24-14-5-6-15(13-4-2-1-3-12(13)14)25-27-17-9-11(39(33,34)35)10-19(21(17)29)40(36,37)38/h1-10,28-30H,(H,31,32)(H,33,34,35)(H,36,37,38). The minimum atomic E-state index is -5.12. The van der Waals surface area contributed by atoms with Crippen LogP contribution >= 0.6 is 0 Å². The van der Waals surface area contributed by atoms with Crippen molar-refractivity contribution >= 4 is 59.7 Å². The number of hydrogen-bond donors (Lipinski definition) is 6. The lowest BCUT2D eigenvalue weighted by Gasteiger charge is -2.08. The average Bonchev–Trinajstić information content (AvgIpc) is 2.86. The van der Waals surface area contributed by atoms with Crippen LogP contribution in [0.1, 0.15) is 10.4 Å². The van der Waals surface area contributed by atoms with Gasteiger partial charge in [-0.3, -0.25) is 9.11 Å². The summed E-state index contributed by atoms with van der Waals surface area (Å²) in [6, 6.07) is 12.4. The van der Waals surface area contributed by atoms with Gasteiger partial charge in [0.2, 0.25) is 0 Å². The van der Waals surface area contributed by atoms with E-state index >= 15 is 0 Å². The van der Waals surface area contributed by atoms with Crippen molar-refractivity contribution in [3.05, 3.63) is 66.2 Å². The topological polar surface area (TPSA) is 256 Å². The molecule has 0 heterocycles. The highest BCUT2D eigenvalue weighted by Gasteiger charge is 2.24. The lowest BCUT2D eigenvalue weighted by molar-refractivity contribution is 0.0690. The maximum absolute atomic E-state index is 11.6. The molecular formula is C23H16N4O11S2. The first-order chi connectivity index (χ1) is 18.7. The fraction of sp³-hybridized carbons (Fsp3) is 0. The molecule has 0 radical (unpaired) electrons. The summed E-state index contributed by atoms with van der Waals surface area (Å²) in [6.07, 6.45) is 0. The van der Waals surface area contributed by atoms with Gasteiger partial charge >= 0.3 is 5.97 Å². The predicted molar refractivity (Wildman–Crippen MR) is 137 cm³/mol. The number of phenolic OH excluding ortho intramolecular Hbond substituents is 1. The first kappa shape index (κ1) is 28.0. The third-order valence-electron chi connectivity index (χ3n) is 5.36. The van der Waals surface area contributed by atoms with Crippen molar-refractivity contribution in [3.8, 4) is 17.2 Å². The Kier molecular flexibility index (Phi) is 7.22. The molecule has 0 spiro atoms. The number of benzene rings is 4. The molecule has 15 nitrogen and oxygen atoms in total. The highest BCUT2D eigenvalue weighted by Crippen LogP contribution is 2.41. The molecule has 4 aromatic carbocycles. The molecule has 0 aliphatic rings. The molecule has 0 aliphatic heterocycles. The second-order valence-corrected chi connectivity index (χ2v) is 10.7. The van der Waals surface area contributed by atoms with E-state index in [4.69, 9.17) is 0 Å². The fourth-order valence-electron chi connectivity index (χ4n) is 3.51. The maximum atomic E-state index is 11.6. The van der Waals surface area contributed by atoms with E-state index in [9.17, 15) is 51.2 Å². The van der Waals surface area contributed by atoms with E-state index in [1.807, 2.05) is 0 Å². The van der Waals surface area contributed by atoms with E-state index in [-0.39, 0.29) is 17.1 Å². The van der Waals surface area contributed by atoms with E-state index < -0.39 is 64.5 Å². The van der Waals surface area contributed by atoms with Gasteiger partial charge < -0.3 is 20.4 Å². The highest BCUT2D eigenvalue weighted by atomic mass is 32.2. The molecule has 0 saturated heterocycles. The Hall–Kier alpha value is -4.97. The first-order valence-electron chi connectivity index (χ1n) is 10.6. The number of fused-ring (bicyclic) bond motifs is 1. The fourth-order valence-corrected chi connectivity index (χ4v) is 4.74. The van der Waals surface area contributed by atoms with Crippen molar-refractivity contribution in [3.63, 3.8) is 0 Å². The van der Waals surface area contributed by atoms with Crippen LogP contribution in [0, 0.1) is 0 Å². The summed E-state index contributed by atoms with van der Waals surface area (Å²) in [5.74, 6) is -4.17. The van der Waals surface area contributed by atoms with Crippen molar-refractivity contribution in [2.24, 2.45) is 20.5 Å². The smallest absolute Gasteiger partial charge is 0.343 e. The van der Waals surface area contributed by atoms with Gasteiger partial charge in [0.1, 0.15) is 27.6 Å². The van der Waals surface area contributed by atoms with E-state index in [2.05, 4.69) is 20.5 Å². The van der Waals surface area contributed by atoms with Gasteiger partial charge in [0.05, 0.1) is 16.3 Å². The number of aromatic hydroxyl groups is 3. The minimum Gasteiger partial charge on any atom is -0.507 e. The highest BCUT2D eigenvalue weighted by molar-refractivity contribution is 7.86. The molecule has 0 aliphatic carbocycles. The molecule has 206 valence electrons. The quantitative estimate of drug-likeness (QED) is 0.124. The Morgan fingerprint density at radius 1 is 0.625 bits per heavy atom. The summed E-state index contributed by atoms with van der Waals surface area (Å²) in [5.41, 5.74) is -1.35. The van der Waals surface area contributed by atoms with E-state index in [1.54, 1.807) is 24.3 Å². The van der Waals surface area contributed by atoms with Gasteiger partial charge in [-0.2, -0.15) is 16.8 Å². The third-order valence-corrected chi connectivity index (χ3v) is 7.06. The second-order valence-electron chi connectivity index (χ2n) is 7.92. The predicted octanol–water partition coefficient (Wildman–Crippen LogP) is 4.98. The van der Waals surface area contributed by atoms with E-state index in [0.29, 0.717) is 22.9 Å². The van der Waals surface area contributed by atoms with Gasteiger partial charge in [-0.1, -0.05) is 24.3 Å². The van der Waals surface area contributed by atoms with Crippen LogP contribution in [0.4, 0.5) is 22.7 Å². The number of nitrogens with zero attached hydrogens (tertiary/aromatic N) is 4. The van der Waals surface area contributed by atoms with Crippen molar-refractivity contribution in [1.82, 2.24) is 0 Å². The van der Waals surface area contributed by atoms with Crippen molar-refractivity contribution in [2.45, 2.75) is 9.79 Å². The normalized spacial score (nSPS) is 12.4. The molecule has 17 heteroatoms. The number of hydrogen-bond acceptors (Lipinski definition) is 12. The molecule has 0 unspecified atom stereocenters. The molecule has 4 rings (SSSR count). The van der Waals surface area contributed by atoms with Gasteiger partial charge in [-0.25, -0.2) is 4.79 Å². The zero-order chi connectivity index (χ0) is 29.4. The Morgan fingerprint density at radius 2 is 1.12 bits per heavy atom. The number of carboxylic acid groups (broad SMARTS) is 1. The molecule has 0 atom stereocenters. The van der Waals surface area contributed by atoms with Gasteiger partial charge in [0, 0.05) is 10.8 Å². The first-order valence-corrected chi connectivity index (χ1v) is 13.5. The summed E-state index contributed by atoms with van der Waals surface area (Å²) in [5, 5.41) is 55.6. The number of carboxylic acids is 1. The summed E-state index contributed by atoms with van der Waals surface area (Å²) in [6.45, 7) is 0. The molecule has 0 amide bonds. The molecular weight excluding hydrogens is 572 g/mol. The summed E-state index contributed by atoms with van der Waals surface area (Å²) < 4.78 is 65.0. The zero-order valence-corrected chi connectivity index (χ0v) is 21.2. The number of phenols is 3. The lowest BCUT2D eigenvalue weighted by atomic mass is 10.1. The average molecular weight is 589 g/mol. The van der Waals surface area contributed by atoms with E-state index in [0.717, 1.165) is 12.1 Å². The molecule has 6 N–H and O–H groups in total. The van der Waals surface area contributed by atoms with Crippen LogP contribution in [0.3, 0.4) is 0 Å². The van der Waals surface area contributed by atoms with Gasteiger partial charge in [0.25, 0.3) is 20.2 Å². The van der Waals surface area contributed by atoms with Crippen LogP contribution in [0.2, 0.25) is 0 Å². The van der Waals surface area contributed by atoms with Crippen LogP contribution in [0.5, 0.6) is 17.2 Å². The number of azo groups is 2. The monoisotopic (exact) mass is 588 g/mol. The summed E-state index contributed by atoms with van der Waals surface area (Å²) >= 11 is 0. The second kappa shape index (κ2) is 10.3. The maximum Gasteiger partial charge on any atom is 0.343 e. The minimum absolute atomic E-state index is 0.125. The summed E-state index contributed by atoms with van der Waals surface area (Å²) in [4.78, 5) is 9.09. The molecule has 0 aromatic heterocycles. The third kappa shape index (κ3) is 5.57. The molecule has 0 saturated carbocycles. The van der Waals surface area contributed by atoms with Gasteiger partial charge in [-0.05, 0) is 36.4 Å². The number of carbonyl (C=O) groups is 1. The van der Waals surface area contributed by atoms with Crippen LogP contribution < -0.4 is 0 Å². The lowest BCUT2D eigenvalue weighted by Crippen LogP contribution is -2.03. The molecule has 4 aromatic rings. The molecule has 0 fully saturated rings. The van der Waals surface area contributed by atoms with Crippen molar-refractivity contribution in [1.29, 1.82) is 0 Å². The van der Waals surface area contributed by atoms with Crippen LogP contribution in [-0.2, 0) is 20.2 Å². The Balaban J connectivity index is 1.80. The Bertz CT molecular complexity index is 1970. The number of aromatic carboxylic acids is 1. The van der Waals surface area contributed by atoms with Crippen LogP contribution in [-0.4, -0.2) is 52.3 Å². The van der Waals surface area contributed by atoms with Gasteiger partial charge in [0.15, 0.2) is 11.5 Å². The zero-order valence-electron chi connectivity index (χ0n) is 19.6. The largest absolute Gasteiger partial charge is 0.507 e. The van der Waals surface area contributed by atoms with Crippen LogP contribution in [0.15, 0.2) is 90.9 Å². The van der Waals surface area contributed by atoms with Gasteiger partial charge in [-0.15, -0.1) is 20.5 Å². The SMILES string of the molecule is O=C(O)c1c(O)ccc(N=Nc2ccc(N=Nc3cc(S(=O)(=O)O)cc(S(=O)(=O)O)c3O)c3ccccc23)c1O. The Morgan fingerprint density at radius 3 is 1.62 bits per heavy atom. The van der Waals surface area contributed by atoms with Crippen LogP contribution in [0.25, 0.3) is 10.8 Å². The molecule has 0 bridgehead atoms. The van der Waals surface area contributed by atoms with Crippen molar-refractivity contribution < 1.29 is 51.2 Å². The van der Waals surface area contributed by atoms with E-state index in [1.165, 1.54) is 12.1 Å². The van der Waals surface area contributed by atoms with Crippen molar-refractivity contribution in [2.75, 3.05) is 0 Å². The summed E-state index contributed by atoms with van der Waals surface area (Å²) in [7, 11) is -10.1. The number of rotatable bonds is 7. The molecule has 40 heavy (non-hydrogen) atoms.